The fourth-order valence-corrected chi connectivity index (χ4v) is 2.29. The lowest BCUT2D eigenvalue weighted by atomic mass is 10.3. The summed E-state index contributed by atoms with van der Waals surface area (Å²) in [5.74, 6) is 0.726. The van der Waals surface area contributed by atoms with E-state index in [2.05, 4.69) is 28.7 Å². The number of nitrogens with zero attached hydrogens (tertiary/aromatic N) is 2. The molecule has 0 bridgehead atoms. The summed E-state index contributed by atoms with van der Waals surface area (Å²) in [7, 11) is 0. The average Bonchev–Trinajstić information content (AvgIpc) is 3.08. The molecule has 0 aliphatic heterocycles. The van der Waals surface area contributed by atoms with Crippen LogP contribution in [0.5, 0.6) is 0 Å². The quantitative estimate of drug-likeness (QED) is 0.900. The van der Waals surface area contributed by atoms with Crippen LogP contribution >= 0.6 is 0 Å². The van der Waals surface area contributed by atoms with Gasteiger partial charge in [0.1, 0.15) is 11.3 Å². The summed E-state index contributed by atoms with van der Waals surface area (Å²) in [5, 5.41) is 3.36. The molecule has 2 aromatic rings. The number of hydrogen-bond donors (Lipinski definition) is 1. The highest BCUT2D eigenvalue weighted by atomic mass is 19.1. The molecule has 0 unspecified atom stereocenters. The zero-order chi connectivity index (χ0) is 12.7. The van der Waals surface area contributed by atoms with Gasteiger partial charge in [-0.2, -0.15) is 0 Å². The first-order valence-corrected chi connectivity index (χ1v) is 6.55. The monoisotopic (exact) mass is 247 g/mol. The number of benzene rings is 1. The predicted octanol–water partition coefficient (Wildman–Crippen LogP) is 3.01. The molecule has 0 atom stereocenters. The van der Waals surface area contributed by atoms with Crippen molar-refractivity contribution in [3.63, 3.8) is 0 Å². The van der Waals surface area contributed by atoms with Crippen LogP contribution in [0.4, 0.5) is 4.39 Å². The van der Waals surface area contributed by atoms with Crippen molar-refractivity contribution in [2.75, 3.05) is 0 Å². The van der Waals surface area contributed by atoms with Gasteiger partial charge in [0.2, 0.25) is 0 Å². The van der Waals surface area contributed by atoms with Crippen LogP contribution in [0, 0.1) is 5.82 Å². The Morgan fingerprint density at radius 3 is 2.89 bits per heavy atom. The van der Waals surface area contributed by atoms with Crippen molar-refractivity contribution in [3.05, 3.63) is 29.8 Å². The van der Waals surface area contributed by atoms with Gasteiger partial charge >= 0.3 is 0 Å². The molecule has 1 fully saturated rings. The highest BCUT2D eigenvalue weighted by Crippen LogP contribution is 2.38. The molecule has 3 rings (SSSR count). The minimum Gasteiger partial charge on any atom is -0.324 e. The van der Waals surface area contributed by atoms with Gasteiger partial charge in [-0.3, -0.25) is 0 Å². The number of nitrogens with one attached hydrogen (secondary N) is 1. The molecule has 1 aromatic heterocycles. The molecule has 1 saturated carbocycles. The van der Waals surface area contributed by atoms with E-state index < -0.39 is 0 Å². The maximum atomic E-state index is 13.8. The second-order valence-electron chi connectivity index (χ2n) is 5.27. The average molecular weight is 247 g/mol. The smallest absolute Gasteiger partial charge is 0.151 e. The molecule has 1 aliphatic carbocycles. The first-order valence-electron chi connectivity index (χ1n) is 6.55. The normalized spacial score (nSPS) is 15.8. The van der Waals surface area contributed by atoms with Crippen molar-refractivity contribution in [2.45, 2.75) is 45.3 Å². The maximum Gasteiger partial charge on any atom is 0.151 e. The van der Waals surface area contributed by atoms with Crippen molar-refractivity contribution in [1.29, 1.82) is 0 Å². The number of para-hydroxylation sites is 1. The lowest BCUT2D eigenvalue weighted by molar-refractivity contribution is 0.551. The molecular formula is C14H18FN3. The fraction of sp³-hybridized carbons (Fsp3) is 0.500. The molecule has 96 valence electrons. The van der Waals surface area contributed by atoms with E-state index in [1.807, 2.05) is 6.07 Å². The number of rotatable bonds is 4. The van der Waals surface area contributed by atoms with Gasteiger partial charge in [0.15, 0.2) is 5.82 Å². The highest BCUT2D eigenvalue weighted by Gasteiger charge is 2.28. The first-order chi connectivity index (χ1) is 8.66. The van der Waals surface area contributed by atoms with E-state index in [9.17, 15) is 4.39 Å². The number of imidazole rings is 1. The molecule has 1 N–H and O–H groups in total. The van der Waals surface area contributed by atoms with Gasteiger partial charge in [-0.25, -0.2) is 9.37 Å². The van der Waals surface area contributed by atoms with Crippen molar-refractivity contribution in [2.24, 2.45) is 0 Å². The van der Waals surface area contributed by atoms with Crippen molar-refractivity contribution >= 4 is 11.0 Å². The molecule has 1 heterocycles. The molecule has 0 saturated heterocycles. The highest BCUT2D eigenvalue weighted by molar-refractivity contribution is 5.77. The van der Waals surface area contributed by atoms with Gasteiger partial charge in [-0.1, -0.05) is 19.9 Å². The SMILES string of the molecule is CC(C)NCc1nc2c(F)cccc2n1C1CC1. The van der Waals surface area contributed by atoms with Gasteiger partial charge in [0.25, 0.3) is 0 Å². The third kappa shape index (κ3) is 2.01. The molecule has 0 radical (unpaired) electrons. The van der Waals surface area contributed by atoms with Crippen molar-refractivity contribution < 1.29 is 4.39 Å². The Hall–Kier alpha value is -1.42. The molecule has 18 heavy (non-hydrogen) atoms. The van der Waals surface area contributed by atoms with E-state index in [1.165, 1.54) is 18.9 Å². The molecular weight excluding hydrogens is 229 g/mol. The largest absolute Gasteiger partial charge is 0.324 e. The molecule has 3 nitrogen and oxygen atoms in total. The lowest BCUT2D eigenvalue weighted by Gasteiger charge is -2.10. The van der Waals surface area contributed by atoms with Crippen LogP contribution in [-0.2, 0) is 6.54 Å². The summed E-state index contributed by atoms with van der Waals surface area (Å²) in [4.78, 5) is 4.47. The second kappa shape index (κ2) is 4.35. The van der Waals surface area contributed by atoms with Crippen LogP contribution in [0.1, 0.15) is 38.6 Å². The Balaban J connectivity index is 2.06. The summed E-state index contributed by atoms with van der Waals surface area (Å²) in [5.41, 5.74) is 1.43. The lowest BCUT2D eigenvalue weighted by Crippen LogP contribution is -2.23. The maximum absolute atomic E-state index is 13.8. The molecule has 1 aromatic carbocycles. The van der Waals surface area contributed by atoms with E-state index in [-0.39, 0.29) is 5.82 Å². The molecule has 4 heteroatoms. The van der Waals surface area contributed by atoms with Crippen LogP contribution in [0.15, 0.2) is 18.2 Å². The predicted molar refractivity (Wildman–Crippen MR) is 69.9 cm³/mol. The molecule has 1 aliphatic rings. The summed E-state index contributed by atoms with van der Waals surface area (Å²) in [6.07, 6.45) is 2.35. The Morgan fingerprint density at radius 1 is 1.44 bits per heavy atom. The van der Waals surface area contributed by atoms with Crippen LogP contribution in [0.2, 0.25) is 0 Å². The Labute approximate surface area is 106 Å². The second-order valence-corrected chi connectivity index (χ2v) is 5.27. The third-order valence-corrected chi connectivity index (χ3v) is 3.32. The van der Waals surface area contributed by atoms with Crippen LogP contribution in [0.3, 0.4) is 0 Å². The fourth-order valence-electron chi connectivity index (χ4n) is 2.29. The van der Waals surface area contributed by atoms with Crippen LogP contribution in [0.25, 0.3) is 11.0 Å². The van der Waals surface area contributed by atoms with Gasteiger partial charge < -0.3 is 9.88 Å². The van der Waals surface area contributed by atoms with Gasteiger partial charge in [0, 0.05) is 12.1 Å². The Kier molecular flexibility index (Phi) is 2.82. The Bertz CT molecular complexity index is 570. The van der Waals surface area contributed by atoms with Crippen LogP contribution in [-0.4, -0.2) is 15.6 Å². The number of halogens is 1. The van der Waals surface area contributed by atoms with Crippen molar-refractivity contribution in [1.82, 2.24) is 14.9 Å². The van der Waals surface area contributed by atoms with E-state index in [4.69, 9.17) is 0 Å². The minimum atomic E-state index is -0.224. The number of hydrogen-bond acceptors (Lipinski definition) is 2. The topological polar surface area (TPSA) is 29.9 Å². The zero-order valence-electron chi connectivity index (χ0n) is 10.8. The van der Waals surface area contributed by atoms with Crippen LogP contribution < -0.4 is 5.32 Å². The summed E-state index contributed by atoms with van der Waals surface area (Å²) < 4.78 is 16.0. The summed E-state index contributed by atoms with van der Waals surface area (Å²) in [6.45, 7) is 4.90. The summed E-state index contributed by atoms with van der Waals surface area (Å²) in [6, 6.07) is 6.12. The van der Waals surface area contributed by atoms with Gasteiger partial charge in [-0.05, 0) is 25.0 Å². The van der Waals surface area contributed by atoms with E-state index in [0.717, 1.165) is 11.3 Å². The Morgan fingerprint density at radius 2 is 2.22 bits per heavy atom. The third-order valence-electron chi connectivity index (χ3n) is 3.32. The zero-order valence-corrected chi connectivity index (χ0v) is 10.8. The van der Waals surface area contributed by atoms with Gasteiger partial charge in [-0.15, -0.1) is 0 Å². The van der Waals surface area contributed by atoms with Gasteiger partial charge in [0.05, 0.1) is 12.1 Å². The first kappa shape index (κ1) is 11.7. The molecule has 0 amide bonds. The van der Waals surface area contributed by atoms with E-state index in [0.29, 0.717) is 24.1 Å². The standard InChI is InChI=1S/C14H18FN3/c1-9(2)16-8-13-17-14-11(15)4-3-5-12(14)18(13)10-6-7-10/h3-5,9-10,16H,6-8H2,1-2H3. The number of fused-ring (bicyclic) bond motifs is 1. The number of aromatic nitrogens is 2. The van der Waals surface area contributed by atoms with Crippen molar-refractivity contribution in [3.8, 4) is 0 Å². The van der Waals surface area contributed by atoms with E-state index in [1.54, 1.807) is 6.07 Å². The summed E-state index contributed by atoms with van der Waals surface area (Å²) >= 11 is 0. The van der Waals surface area contributed by atoms with E-state index >= 15 is 0 Å². The molecule has 0 spiro atoms. The minimum absolute atomic E-state index is 0.224.